The van der Waals surface area contributed by atoms with Crippen molar-refractivity contribution in [3.05, 3.63) is 0 Å². The molecule has 0 aromatic rings. The minimum absolute atomic E-state index is 0. The van der Waals surface area contributed by atoms with E-state index in [0.717, 1.165) is 0 Å². The van der Waals surface area contributed by atoms with Crippen molar-refractivity contribution >= 4 is 97.8 Å². The van der Waals surface area contributed by atoms with E-state index in [1.807, 2.05) is 0 Å². The van der Waals surface area contributed by atoms with Gasteiger partial charge in [-0.1, -0.05) is 0 Å². The molecule has 4 heavy (non-hydrogen) atoms. The van der Waals surface area contributed by atoms with E-state index in [-0.39, 0.29) is 97.8 Å². The average molecular weight is 493 g/mol. The molecule has 0 unspecified atom stereocenters. The summed E-state index contributed by atoms with van der Waals surface area (Å²) in [4.78, 5) is 0. The van der Waals surface area contributed by atoms with E-state index in [9.17, 15) is 0 Å². The van der Waals surface area contributed by atoms with Gasteiger partial charge in [-0.05, 0) is 0 Å². The van der Waals surface area contributed by atoms with Crippen LogP contribution in [0.2, 0.25) is 0 Å². The summed E-state index contributed by atoms with van der Waals surface area (Å²) in [7, 11) is 0. The normalized spacial score (nSPS) is 0. The topological polar surface area (TPSA) is 0 Å². The van der Waals surface area contributed by atoms with Gasteiger partial charge in [-0.25, -0.2) is 0 Å². The molecule has 0 aliphatic carbocycles. The summed E-state index contributed by atoms with van der Waals surface area (Å²) in [6.45, 7) is 0. The number of hydrogen-bond acceptors (Lipinski definition) is 0. The van der Waals surface area contributed by atoms with Gasteiger partial charge in [0.1, 0.15) is 0 Å². The van der Waals surface area contributed by atoms with Crippen LogP contribution in [0.5, 0.6) is 0 Å². The third-order valence-corrected chi connectivity index (χ3v) is 0. The van der Waals surface area contributed by atoms with Crippen LogP contribution in [0.25, 0.3) is 0 Å². The fourth-order valence-corrected chi connectivity index (χ4v) is 0. The molecule has 0 nitrogen and oxygen atoms in total. The first-order valence-corrected chi connectivity index (χ1v) is 0. The van der Waals surface area contributed by atoms with Crippen LogP contribution in [0, 0.1) is 0 Å². The van der Waals surface area contributed by atoms with E-state index in [4.69, 9.17) is 0 Å². The Bertz CT molecular complexity index is 8.00. The van der Waals surface area contributed by atoms with Crippen molar-refractivity contribution in [2.75, 3.05) is 0 Å². The molecule has 4 heteroatoms. The third-order valence-electron chi connectivity index (χ3n) is 0. The molecule has 0 aromatic heterocycles. The van der Waals surface area contributed by atoms with E-state index in [0.29, 0.717) is 0 Å². The monoisotopic (exact) mass is 496 g/mol. The standard InChI is InChI=1S/In.Sb.Sn.H2Te.8H/h;;;1H2;;;;;;;;. The Morgan fingerprint density at radius 2 is 1.00 bits per heavy atom. The van der Waals surface area contributed by atoms with Gasteiger partial charge < -0.3 is 0 Å². The predicted octanol–water partition coefficient (Wildman–Crippen LogP) is -4.20. The summed E-state index contributed by atoms with van der Waals surface area (Å²) in [6, 6.07) is 0. The zero-order valence-electron chi connectivity index (χ0n) is 1.91. The molecule has 28 valence electrons. The molecule has 0 heterocycles. The Balaban J connectivity index is 0. The van der Waals surface area contributed by atoms with Crippen LogP contribution in [0.3, 0.4) is 0 Å². The first-order valence-electron chi connectivity index (χ1n) is 0. The van der Waals surface area contributed by atoms with Gasteiger partial charge in [0.25, 0.3) is 0 Å². The Labute approximate surface area is 95.8 Å². The quantitative estimate of drug-likeness (QED) is 0.301. The molecule has 0 atom stereocenters. The molecular formula is H10InSbSnTe. The summed E-state index contributed by atoms with van der Waals surface area (Å²) in [5, 5.41) is 0. The first-order chi connectivity index (χ1) is 0. The molecule has 0 aromatic carbocycles. The second kappa shape index (κ2) is 16.3. The van der Waals surface area contributed by atoms with Crippen molar-refractivity contribution in [2.45, 2.75) is 0 Å². The zero-order valence-corrected chi connectivity index (χ0v) is 12.8. The number of hydrogen-bond donors (Lipinski definition) is 0. The SMILES string of the molecule is [InH3].[SbH3].[SnH2].[TeH2]. The van der Waals surface area contributed by atoms with Crippen LogP contribution >= 0.6 is 0 Å². The summed E-state index contributed by atoms with van der Waals surface area (Å²) >= 11 is 0. The van der Waals surface area contributed by atoms with Crippen molar-refractivity contribution in [1.29, 1.82) is 0 Å². The van der Waals surface area contributed by atoms with E-state index in [1.54, 1.807) is 0 Å². The van der Waals surface area contributed by atoms with Crippen LogP contribution in [0.15, 0.2) is 0 Å². The van der Waals surface area contributed by atoms with Gasteiger partial charge in [0.15, 0.2) is 0 Å². The molecule has 0 saturated carbocycles. The molecule has 0 aliphatic rings. The van der Waals surface area contributed by atoms with E-state index >= 15 is 0 Å². The van der Waals surface area contributed by atoms with Crippen molar-refractivity contribution < 1.29 is 0 Å². The van der Waals surface area contributed by atoms with Crippen LogP contribution in [-0.4, -0.2) is 97.8 Å². The fraction of sp³-hybridized carbons (Fsp3) is 0. The van der Waals surface area contributed by atoms with Gasteiger partial charge in [0.2, 0.25) is 0 Å². The molecule has 0 N–H and O–H groups in total. The first kappa shape index (κ1) is 26.7. The minimum atomic E-state index is 0. The van der Waals surface area contributed by atoms with Crippen LogP contribution in [0.1, 0.15) is 0 Å². The zero-order chi connectivity index (χ0) is 0. The van der Waals surface area contributed by atoms with Crippen LogP contribution in [0.4, 0.5) is 0 Å². The van der Waals surface area contributed by atoms with Crippen molar-refractivity contribution in [1.82, 2.24) is 0 Å². The Kier molecular flexibility index (Phi) is 109. The Morgan fingerprint density at radius 1 is 1.00 bits per heavy atom. The van der Waals surface area contributed by atoms with Gasteiger partial charge in [-0.3, -0.25) is 0 Å². The van der Waals surface area contributed by atoms with Crippen LogP contribution < -0.4 is 0 Å². The second-order valence-corrected chi connectivity index (χ2v) is 0. The average Bonchev–Trinajstić information content (AvgIpc) is 0. The fourth-order valence-electron chi connectivity index (χ4n) is 0. The Morgan fingerprint density at radius 3 is 1.00 bits per heavy atom. The summed E-state index contributed by atoms with van der Waals surface area (Å²) < 4.78 is 0. The summed E-state index contributed by atoms with van der Waals surface area (Å²) in [5.41, 5.74) is 0. The molecule has 2 radical (unpaired) electrons. The van der Waals surface area contributed by atoms with Crippen molar-refractivity contribution in [2.24, 2.45) is 0 Å². The molecule has 0 rings (SSSR count). The molecule has 0 saturated heterocycles. The van der Waals surface area contributed by atoms with Crippen molar-refractivity contribution in [3.8, 4) is 0 Å². The van der Waals surface area contributed by atoms with Gasteiger partial charge in [0, 0.05) is 0 Å². The maximum atomic E-state index is 0. The van der Waals surface area contributed by atoms with Gasteiger partial charge in [-0.15, -0.1) is 0 Å². The molecule has 0 amide bonds. The molecule has 0 fully saturated rings. The van der Waals surface area contributed by atoms with Crippen LogP contribution in [-0.2, 0) is 0 Å². The third kappa shape index (κ3) is 8.99. The maximum absolute atomic E-state index is 0. The molecule has 0 bridgehead atoms. The van der Waals surface area contributed by atoms with Crippen molar-refractivity contribution in [3.63, 3.8) is 0 Å². The summed E-state index contributed by atoms with van der Waals surface area (Å²) in [5.74, 6) is 0. The Hall–Kier alpha value is 3.28. The van der Waals surface area contributed by atoms with Gasteiger partial charge >= 0.3 is 97.8 Å². The molecule has 0 spiro atoms. The predicted molar refractivity (Wildman–Crippen MR) is 37.0 cm³/mol. The van der Waals surface area contributed by atoms with E-state index in [2.05, 4.69) is 0 Å². The van der Waals surface area contributed by atoms with E-state index < -0.39 is 0 Å². The van der Waals surface area contributed by atoms with Gasteiger partial charge in [0.05, 0.1) is 0 Å². The molecule has 0 aliphatic heterocycles. The van der Waals surface area contributed by atoms with E-state index in [1.165, 1.54) is 0 Å². The van der Waals surface area contributed by atoms with Gasteiger partial charge in [-0.2, -0.15) is 0 Å². The second-order valence-electron chi connectivity index (χ2n) is 0. The summed E-state index contributed by atoms with van der Waals surface area (Å²) in [6.07, 6.45) is 0. The molecular weight excluding hydrogens is 483 g/mol. The number of rotatable bonds is 0.